The summed E-state index contributed by atoms with van der Waals surface area (Å²) < 4.78 is 2.30. The molecule has 1 saturated heterocycles. The molecule has 1 aromatic heterocycles. The summed E-state index contributed by atoms with van der Waals surface area (Å²) in [5, 5.41) is 9.42. The Morgan fingerprint density at radius 1 is 1.06 bits per heavy atom. The van der Waals surface area contributed by atoms with Gasteiger partial charge in [0.25, 0.3) is 0 Å². The van der Waals surface area contributed by atoms with E-state index in [0.29, 0.717) is 6.54 Å². The summed E-state index contributed by atoms with van der Waals surface area (Å²) in [6, 6.07) is 8.69. The fourth-order valence-corrected chi connectivity index (χ4v) is 4.26. The number of carboxylic acids is 1. The van der Waals surface area contributed by atoms with Crippen molar-refractivity contribution >= 4 is 42.3 Å². The third-order valence-electron chi connectivity index (χ3n) is 5.93. The highest BCUT2D eigenvalue weighted by atomic mass is 35.5. The van der Waals surface area contributed by atoms with Gasteiger partial charge in [-0.05, 0) is 51.0 Å². The summed E-state index contributed by atoms with van der Waals surface area (Å²) in [4.78, 5) is 21.2. The number of amidine groups is 1. The van der Waals surface area contributed by atoms with Gasteiger partial charge < -0.3 is 14.6 Å². The van der Waals surface area contributed by atoms with Crippen molar-refractivity contribution in [2.75, 3.05) is 32.7 Å². The molecule has 2 aromatic rings. The van der Waals surface area contributed by atoms with E-state index in [4.69, 9.17) is 4.99 Å². The topological polar surface area (TPSA) is 61.1 Å². The lowest BCUT2D eigenvalue weighted by Crippen LogP contribution is -2.52. The highest BCUT2D eigenvalue weighted by molar-refractivity contribution is 6.00. The summed E-state index contributed by atoms with van der Waals surface area (Å²) in [6.45, 7) is 12.6. The van der Waals surface area contributed by atoms with Gasteiger partial charge in [0, 0.05) is 45.5 Å². The molecule has 3 heterocycles. The number of hydrogen-bond acceptors (Lipinski definition) is 4. The summed E-state index contributed by atoms with van der Waals surface area (Å²) in [5.74, 6) is 0.283. The molecule has 1 aromatic carbocycles. The number of carboxylic acid groups (broad SMARTS) is 1. The molecule has 0 bridgehead atoms. The highest BCUT2D eigenvalue weighted by Gasteiger charge is 2.32. The van der Waals surface area contributed by atoms with E-state index >= 15 is 0 Å². The molecule has 2 aliphatic rings. The van der Waals surface area contributed by atoms with Gasteiger partial charge in [0.1, 0.15) is 0 Å². The van der Waals surface area contributed by atoms with Crippen LogP contribution in [-0.4, -0.2) is 64.0 Å². The van der Waals surface area contributed by atoms with Crippen LogP contribution in [0.5, 0.6) is 0 Å². The molecule has 1 N–H and O–H groups in total. The Morgan fingerprint density at radius 2 is 1.74 bits per heavy atom. The van der Waals surface area contributed by atoms with E-state index in [1.165, 1.54) is 16.7 Å². The Hall–Kier alpha value is -2.02. The molecule has 0 amide bonds. The first-order valence-electron chi connectivity index (χ1n) is 10.3. The minimum absolute atomic E-state index is 0. The molecular weight excluding hydrogens is 435 g/mol. The number of halogens is 2. The highest BCUT2D eigenvalue weighted by Crippen LogP contribution is 2.29. The number of aromatic nitrogens is 1. The largest absolute Gasteiger partial charge is 0.481 e. The van der Waals surface area contributed by atoms with E-state index < -0.39 is 11.4 Å². The van der Waals surface area contributed by atoms with Crippen molar-refractivity contribution in [3.63, 3.8) is 0 Å². The second-order valence-electron chi connectivity index (χ2n) is 9.05. The van der Waals surface area contributed by atoms with Crippen LogP contribution in [0.15, 0.2) is 35.5 Å². The molecule has 0 atom stereocenters. The molecule has 0 spiro atoms. The van der Waals surface area contributed by atoms with Crippen LogP contribution in [0.25, 0.3) is 0 Å². The zero-order chi connectivity index (χ0) is 20.8. The normalized spacial score (nSPS) is 16.3. The monoisotopic (exact) mass is 466 g/mol. The standard InChI is InChI=1S/C23H30N4O2.2ClH/c1-16-5-6-19-18(11-16)14-27-13-17(2)12-20(27)21(24-19)26-9-7-25(8-10-26)15-23(3,4)22(28)29;;/h5-6,11-13H,7-10,14-15H2,1-4H3,(H,28,29);2*1H. The lowest BCUT2D eigenvalue weighted by Gasteiger charge is -2.38. The van der Waals surface area contributed by atoms with Crippen LogP contribution in [0, 0.1) is 19.3 Å². The molecular formula is C23H32Cl2N4O2. The lowest BCUT2D eigenvalue weighted by molar-refractivity contribution is -0.148. The summed E-state index contributed by atoms with van der Waals surface area (Å²) in [5.41, 5.74) is 5.22. The molecule has 170 valence electrons. The molecule has 0 aliphatic carbocycles. The minimum Gasteiger partial charge on any atom is -0.481 e. The van der Waals surface area contributed by atoms with E-state index in [1.807, 2.05) is 0 Å². The van der Waals surface area contributed by atoms with Crippen molar-refractivity contribution in [2.24, 2.45) is 10.4 Å². The van der Waals surface area contributed by atoms with E-state index in [0.717, 1.165) is 49.9 Å². The zero-order valence-corrected chi connectivity index (χ0v) is 20.2. The maximum absolute atomic E-state index is 11.5. The number of fused-ring (bicyclic) bond motifs is 2. The van der Waals surface area contributed by atoms with Gasteiger partial charge in [-0.25, -0.2) is 4.99 Å². The number of benzene rings is 1. The number of aliphatic imine (C=N–C) groups is 1. The Labute approximate surface area is 196 Å². The molecule has 31 heavy (non-hydrogen) atoms. The summed E-state index contributed by atoms with van der Waals surface area (Å²) in [7, 11) is 0. The number of aliphatic carboxylic acids is 1. The van der Waals surface area contributed by atoms with Crippen molar-refractivity contribution in [1.82, 2.24) is 14.4 Å². The second kappa shape index (κ2) is 9.63. The number of nitrogens with zero attached hydrogens (tertiary/aromatic N) is 4. The first-order chi connectivity index (χ1) is 13.7. The van der Waals surface area contributed by atoms with Crippen LogP contribution in [0.2, 0.25) is 0 Å². The fraction of sp³-hybridized carbons (Fsp3) is 0.478. The number of aryl methyl sites for hydroxylation is 2. The quantitative estimate of drug-likeness (QED) is 0.738. The molecule has 6 nitrogen and oxygen atoms in total. The Morgan fingerprint density at radius 3 is 2.39 bits per heavy atom. The SMILES string of the molecule is Cc1ccc2c(c1)Cn1cc(C)cc1C(N1CCN(CC(C)(C)C(=O)O)CC1)=N2.Cl.Cl. The molecule has 0 saturated carbocycles. The van der Waals surface area contributed by atoms with Crippen molar-refractivity contribution in [1.29, 1.82) is 0 Å². The van der Waals surface area contributed by atoms with Gasteiger partial charge in [-0.3, -0.25) is 9.69 Å². The zero-order valence-electron chi connectivity index (χ0n) is 18.6. The average molecular weight is 467 g/mol. The van der Waals surface area contributed by atoms with Crippen LogP contribution >= 0.6 is 24.8 Å². The Balaban J connectivity index is 0.00000171. The van der Waals surface area contributed by atoms with Crippen LogP contribution in [0.1, 0.15) is 36.2 Å². The van der Waals surface area contributed by atoms with Crippen molar-refractivity contribution in [3.8, 4) is 0 Å². The average Bonchev–Trinajstić information content (AvgIpc) is 2.94. The minimum atomic E-state index is -0.742. The van der Waals surface area contributed by atoms with E-state index in [-0.39, 0.29) is 24.8 Å². The molecule has 4 rings (SSSR count). The third kappa shape index (κ3) is 5.25. The Kier molecular flexibility index (Phi) is 7.84. The summed E-state index contributed by atoms with van der Waals surface area (Å²) >= 11 is 0. The van der Waals surface area contributed by atoms with Gasteiger partial charge in [0.05, 0.1) is 16.8 Å². The first kappa shape index (κ1) is 25.2. The molecule has 0 radical (unpaired) electrons. The van der Waals surface area contributed by atoms with Crippen LogP contribution in [0.3, 0.4) is 0 Å². The Bertz CT molecular complexity index is 976. The molecule has 2 aliphatic heterocycles. The number of rotatable bonds is 3. The fourth-order valence-electron chi connectivity index (χ4n) is 4.26. The van der Waals surface area contributed by atoms with Gasteiger partial charge in [0.2, 0.25) is 0 Å². The predicted molar refractivity (Wildman–Crippen MR) is 130 cm³/mol. The number of carbonyl (C=O) groups is 1. The third-order valence-corrected chi connectivity index (χ3v) is 5.93. The van der Waals surface area contributed by atoms with Crippen molar-refractivity contribution in [3.05, 3.63) is 52.8 Å². The van der Waals surface area contributed by atoms with Gasteiger partial charge in [0.15, 0.2) is 5.84 Å². The van der Waals surface area contributed by atoms with Gasteiger partial charge >= 0.3 is 5.97 Å². The first-order valence-corrected chi connectivity index (χ1v) is 10.3. The molecule has 8 heteroatoms. The van der Waals surface area contributed by atoms with Gasteiger partial charge in [-0.15, -0.1) is 24.8 Å². The maximum Gasteiger partial charge on any atom is 0.310 e. The maximum atomic E-state index is 11.5. The van der Waals surface area contributed by atoms with Crippen molar-refractivity contribution in [2.45, 2.75) is 34.2 Å². The predicted octanol–water partition coefficient (Wildman–Crippen LogP) is 4.12. The van der Waals surface area contributed by atoms with Crippen molar-refractivity contribution < 1.29 is 9.90 Å². The van der Waals surface area contributed by atoms with Gasteiger partial charge in [-0.1, -0.05) is 17.7 Å². The smallest absolute Gasteiger partial charge is 0.310 e. The molecule has 1 fully saturated rings. The second-order valence-corrected chi connectivity index (χ2v) is 9.05. The molecule has 0 unspecified atom stereocenters. The van der Waals surface area contributed by atoms with Gasteiger partial charge in [-0.2, -0.15) is 0 Å². The van der Waals surface area contributed by atoms with Crippen LogP contribution < -0.4 is 0 Å². The van der Waals surface area contributed by atoms with Crippen LogP contribution in [-0.2, 0) is 11.3 Å². The number of hydrogen-bond donors (Lipinski definition) is 1. The van der Waals surface area contributed by atoms with E-state index in [2.05, 4.69) is 58.7 Å². The van der Waals surface area contributed by atoms with E-state index in [1.54, 1.807) is 13.8 Å². The number of piperazine rings is 1. The summed E-state index contributed by atoms with van der Waals surface area (Å²) in [6.07, 6.45) is 2.20. The van der Waals surface area contributed by atoms with Crippen LogP contribution in [0.4, 0.5) is 5.69 Å². The lowest BCUT2D eigenvalue weighted by atomic mass is 9.93. The van der Waals surface area contributed by atoms with E-state index in [9.17, 15) is 9.90 Å².